The normalized spacial score (nSPS) is 16.1. The van der Waals surface area contributed by atoms with Crippen molar-refractivity contribution >= 4 is 11.7 Å². The quantitative estimate of drug-likeness (QED) is 0.893. The molecule has 0 aromatic heterocycles. The van der Waals surface area contributed by atoms with Crippen molar-refractivity contribution < 1.29 is 14.3 Å². The molecule has 1 aromatic rings. The van der Waals surface area contributed by atoms with Crippen molar-refractivity contribution in [3.05, 3.63) is 29.8 Å². The van der Waals surface area contributed by atoms with E-state index in [0.29, 0.717) is 19.8 Å². The number of amides is 2. The van der Waals surface area contributed by atoms with Crippen LogP contribution in [-0.2, 0) is 9.47 Å². The van der Waals surface area contributed by atoms with Gasteiger partial charge in [-0.1, -0.05) is 32.9 Å². The molecule has 0 spiro atoms. The molecule has 0 radical (unpaired) electrons. The summed E-state index contributed by atoms with van der Waals surface area (Å²) in [6.45, 7) is 8.09. The summed E-state index contributed by atoms with van der Waals surface area (Å²) in [5.74, 6) is 0. The monoisotopic (exact) mass is 278 g/mol. The number of nitrogens with one attached hydrogen (secondary N) is 2. The molecular weight excluding hydrogens is 256 g/mol. The van der Waals surface area contributed by atoms with Gasteiger partial charge in [0, 0.05) is 17.8 Å². The highest BCUT2D eigenvalue weighted by Crippen LogP contribution is 2.24. The molecule has 1 aromatic carbocycles. The Balaban J connectivity index is 1.85. The van der Waals surface area contributed by atoms with Crippen LogP contribution in [-0.4, -0.2) is 25.8 Å². The van der Waals surface area contributed by atoms with E-state index in [0.717, 1.165) is 11.3 Å². The predicted octanol–water partition coefficient (Wildman–Crippen LogP) is 2.90. The van der Waals surface area contributed by atoms with E-state index >= 15 is 0 Å². The van der Waals surface area contributed by atoms with Crippen molar-refractivity contribution in [3.8, 4) is 0 Å². The zero-order chi connectivity index (χ0) is 14.6. The number of rotatable bonds is 3. The van der Waals surface area contributed by atoms with Crippen LogP contribution >= 0.6 is 0 Å². The maximum absolute atomic E-state index is 11.7. The van der Waals surface area contributed by atoms with E-state index in [1.807, 2.05) is 24.3 Å². The number of carbonyl (C=O) groups is 1. The van der Waals surface area contributed by atoms with Crippen molar-refractivity contribution in [3.63, 3.8) is 0 Å². The van der Waals surface area contributed by atoms with Crippen LogP contribution in [0.15, 0.2) is 24.3 Å². The van der Waals surface area contributed by atoms with Gasteiger partial charge in [-0.25, -0.2) is 4.79 Å². The van der Waals surface area contributed by atoms with Gasteiger partial charge < -0.3 is 20.1 Å². The molecule has 5 nitrogen and oxygen atoms in total. The minimum atomic E-state index is -0.279. The minimum absolute atomic E-state index is 0.0678. The second-order valence-corrected chi connectivity index (χ2v) is 6.06. The Morgan fingerprint density at radius 1 is 1.20 bits per heavy atom. The van der Waals surface area contributed by atoms with Gasteiger partial charge in [-0.3, -0.25) is 0 Å². The molecule has 1 heterocycles. The zero-order valence-corrected chi connectivity index (χ0v) is 12.2. The summed E-state index contributed by atoms with van der Waals surface area (Å²) in [6.07, 6.45) is -0.279. The third kappa shape index (κ3) is 4.51. The Morgan fingerprint density at radius 2 is 1.80 bits per heavy atom. The topological polar surface area (TPSA) is 59.6 Å². The molecule has 0 atom stereocenters. The van der Waals surface area contributed by atoms with Crippen LogP contribution in [0.1, 0.15) is 32.6 Å². The fraction of sp³-hybridized carbons (Fsp3) is 0.533. The van der Waals surface area contributed by atoms with E-state index in [-0.39, 0.29) is 17.7 Å². The van der Waals surface area contributed by atoms with Gasteiger partial charge in [0.25, 0.3) is 0 Å². The number of anilines is 1. The first kappa shape index (κ1) is 14.8. The predicted molar refractivity (Wildman–Crippen MR) is 77.6 cm³/mol. The lowest BCUT2D eigenvalue weighted by Crippen LogP contribution is -2.35. The number of urea groups is 1. The van der Waals surface area contributed by atoms with Crippen molar-refractivity contribution in [2.45, 2.75) is 27.1 Å². The van der Waals surface area contributed by atoms with Gasteiger partial charge in [0.2, 0.25) is 0 Å². The fourth-order valence-electron chi connectivity index (χ4n) is 1.80. The third-order valence-corrected chi connectivity index (χ3v) is 2.84. The van der Waals surface area contributed by atoms with Crippen molar-refractivity contribution in [1.82, 2.24) is 5.32 Å². The fourth-order valence-corrected chi connectivity index (χ4v) is 1.80. The smallest absolute Gasteiger partial charge is 0.319 e. The highest BCUT2D eigenvalue weighted by atomic mass is 16.7. The molecule has 1 fully saturated rings. The molecule has 1 saturated heterocycles. The summed E-state index contributed by atoms with van der Waals surface area (Å²) in [5, 5.41) is 5.64. The van der Waals surface area contributed by atoms with Crippen molar-refractivity contribution in [2.75, 3.05) is 25.1 Å². The summed E-state index contributed by atoms with van der Waals surface area (Å²) in [5.41, 5.74) is 1.78. The maximum Gasteiger partial charge on any atom is 0.319 e. The molecule has 5 heteroatoms. The highest BCUT2D eigenvalue weighted by Gasteiger charge is 2.18. The molecule has 2 amide bonds. The lowest BCUT2D eigenvalue weighted by atomic mass is 9.97. The van der Waals surface area contributed by atoms with Crippen LogP contribution in [0.5, 0.6) is 0 Å². The largest absolute Gasteiger partial charge is 0.346 e. The van der Waals surface area contributed by atoms with Crippen molar-refractivity contribution in [2.24, 2.45) is 5.41 Å². The van der Waals surface area contributed by atoms with Gasteiger partial charge in [-0.05, 0) is 17.5 Å². The standard InChI is InChI=1S/C15H22N2O3/c1-15(2,3)10-16-14(18)17-12-6-4-11(5-7-12)13-19-8-9-20-13/h4-7,13H,8-10H2,1-3H3,(H2,16,17,18). The SMILES string of the molecule is CC(C)(C)CNC(=O)Nc1ccc(C2OCCO2)cc1. The molecule has 110 valence electrons. The molecule has 2 rings (SSSR count). The highest BCUT2D eigenvalue weighted by molar-refractivity contribution is 5.89. The average molecular weight is 278 g/mol. The van der Waals surface area contributed by atoms with E-state index in [4.69, 9.17) is 9.47 Å². The Labute approximate surface area is 119 Å². The summed E-state index contributed by atoms with van der Waals surface area (Å²) in [7, 11) is 0. The van der Waals surface area contributed by atoms with Crippen LogP contribution in [0.2, 0.25) is 0 Å². The van der Waals surface area contributed by atoms with Crippen LogP contribution in [0, 0.1) is 5.41 Å². The number of ether oxygens (including phenoxy) is 2. The first-order chi connectivity index (χ1) is 9.44. The van der Waals surface area contributed by atoms with E-state index in [2.05, 4.69) is 31.4 Å². The van der Waals surface area contributed by atoms with Gasteiger partial charge >= 0.3 is 6.03 Å². The van der Waals surface area contributed by atoms with Gasteiger partial charge in [-0.2, -0.15) is 0 Å². The summed E-state index contributed by atoms with van der Waals surface area (Å²) in [6, 6.07) is 7.29. The Morgan fingerprint density at radius 3 is 2.35 bits per heavy atom. The summed E-state index contributed by atoms with van der Waals surface area (Å²) < 4.78 is 10.8. The van der Waals surface area contributed by atoms with E-state index < -0.39 is 0 Å². The Bertz CT molecular complexity index is 445. The Hall–Kier alpha value is -1.59. The first-order valence-corrected chi connectivity index (χ1v) is 6.82. The lowest BCUT2D eigenvalue weighted by molar-refractivity contribution is -0.0441. The number of hydrogen-bond donors (Lipinski definition) is 2. The molecule has 1 aliphatic rings. The average Bonchev–Trinajstić information content (AvgIpc) is 2.90. The van der Waals surface area contributed by atoms with E-state index in [1.54, 1.807) is 0 Å². The molecule has 20 heavy (non-hydrogen) atoms. The third-order valence-electron chi connectivity index (χ3n) is 2.84. The van der Waals surface area contributed by atoms with Crippen molar-refractivity contribution in [1.29, 1.82) is 0 Å². The van der Waals surface area contributed by atoms with Crippen LogP contribution < -0.4 is 10.6 Å². The van der Waals surface area contributed by atoms with E-state index in [9.17, 15) is 4.79 Å². The molecule has 0 aliphatic carbocycles. The lowest BCUT2D eigenvalue weighted by Gasteiger charge is -2.19. The van der Waals surface area contributed by atoms with Crippen LogP contribution in [0.25, 0.3) is 0 Å². The second-order valence-electron chi connectivity index (χ2n) is 6.06. The minimum Gasteiger partial charge on any atom is -0.346 e. The van der Waals surface area contributed by atoms with Gasteiger partial charge in [-0.15, -0.1) is 0 Å². The Kier molecular flexibility index (Phi) is 4.62. The van der Waals surface area contributed by atoms with Gasteiger partial charge in [0.15, 0.2) is 6.29 Å². The number of benzene rings is 1. The first-order valence-electron chi connectivity index (χ1n) is 6.82. The second kappa shape index (κ2) is 6.24. The maximum atomic E-state index is 11.7. The zero-order valence-electron chi connectivity index (χ0n) is 12.2. The van der Waals surface area contributed by atoms with E-state index in [1.165, 1.54) is 0 Å². The van der Waals surface area contributed by atoms with Gasteiger partial charge in [0.05, 0.1) is 13.2 Å². The molecule has 0 unspecified atom stereocenters. The molecule has 0 saturated carbocycles. The van der Waals surface area contributed by atoms with Gasteiger partial charge in [0.1, 0.15) is 0 Å². The molecule has 1 aliphatic heterocycles. The van der Waals surface area contributed by atoms with Crippen LogP contribution in [0.3, 0.4) is 0 Å². The molecule has 2 N–H and O–H groups in total. The van der Waals surface area contributed by atoms with Crippen LogP contribution in [0.4, 0.5) is 10.5 Å². The summed E-state index contributed by atoms with van der Waals surface area (Å²) in [4.78, 5) is 11.7. The molecular formula is C15H22N2O3. The molecule has 0 bridgehead atoms. The summed E-state index contributed by atoms with van der Waals surface area (Å²) >= 11 is 0. The number of hydrogen-bond acceptors (Lipinski definition) is 3. The number of carbonyl (C=O) groups excluding carboxylic acids is 1.